The van der Waals surface area contributed by atoms with Crippen LogP contribution in [-0.2, 0) is 40.0 Å². The molecule has 0 bridgehead atoms. The van der Waals surface area contributed by atoms with Crippen molar-refractivity contribution in [2.75, 3.05) is 0 Å². The van der Waals surface area contributed by atoms with E-state index in [1.54, 1.807) is 9.13 Å². The Bertz CT molecular complexity index is 1310. The standard InChI is InChI=1S/C28H32N6O2/c1-5-33-19-17-31(3)27(33)25(35)29-23-13-9-7-11-21(23)15-16-22-12-8-10-14-24(22)30-26(36)28-32(4)18-20-34(28)6-2/h7-14,17-20H,5-6,15-16H2,1-4H3. The lowest BCUT2D eigenvalue weighted by molar-refractivity contribution is -0.674. The number of hydrogen-bond donors (Lipinski definition) is 0. The van der Waals surface area contributed by atoms with Crippen molar-refractivity contribution in [3.8, 4) is 0 Å². The number of aryl methyl sites for hydroxylation is 6. The molecule has 0 aliphatic heterocycles. The van der Waals surface area contributed by atoms with Crippen molar-refractivity contribution < 1.29 is 19.3 Å². The average molecular weight is 485 g/mol. The zero-order chi connectivity index (χ0) is 25.7. The first-order chi connectivity index (χ1) is 17.4. The second kappa shape index (κ2) is 11.0. The molecule has 0 unspecified atom stereocenters. The number of rotatable bonds is 9. The van der Waals surface area contributed by atoms with E-state index in [-0.39, 0.29) is 11.8 Å². The highest BCUT2D eigenvalue weighted by Gasteiger charge is 2.15. The maximum Gasteiger partial charge on any atom is 0.292 e. The number of benzene rings is 2. The highest BCUT2D eigenvalue weighted by atomic mass is 16.3. The van der Waals surface area contributed by atoms with Crippen LogP contribution in [0.2, 0.25) is 0 Å². The third-order valence-corrected chi connectivity index (χ3v) is 6.31. The Balaban J connectivity index is 1.60. The van der Waals surface area contributed by atoms with E-state index in [9.17, 15) is 10.2 Å². The fourth-order valence-corrected chi connectivity index (χ4v) is 4.36. The molecule has 36 heavy (non-hydrogen) atoms. The van der Waals surface area contributed by atoms with Crippen LogP contribution >= 0.6 is 0 Å². The molecule has 4 aromatic rings. The van der Waals surface area contributed by atoms with Gasteiger partial charge in [0.15, 0.2) is 0 Å². The van der Waals surface area contributed by atoms with E-state index in [4.69, 9.17) is 0 Å². The van der Waals surface area contributed by atoms with E-state index in [1.165, 1.54) is 0 Å². The second-order valence-corrected chi connectivity index (χ2v) is 8.63. The van der Waals surface area contributed by atoms with E-state index in [1.807, 2.05) is 110 Å². The van der Waals surface area contributed by atoms with Crippen molar-refractivity contribution in [3.05, 3.63) is 96.1 Å². The van der Waals surface area contributed by atoms with Crippen molar-refractivity contribution >= 4 is 23.2 Å². The molecule has 0 atom stereocenters. The van der Waals surface area contributed by atoms with Crippen LogP contribution in [0.15, 0.2) is 83.3 Å². The van der Waals surface area contributed by atoms with E-state index >= 15 is 0 Å². The molecule has 8 nitrogen and oxygen atoms in total. The van der Waals surface area contributed by atoms with Crippen LogP contribution in [0.5, 0.6) is 0 Å². The Kier molecular flexibility index (Phi) is 7.63. The van der Waals surface area contributed by atoms with E-state index < -0.39 is 0 Å². The molecule has 2 aromatic carbocycles. The molecule has 8 heteroatoms. The second-order valence-electron chi connectivity index (χ2n) is 8.63. The fourth-order valence-electron chi connectivity index (χ4n) is 4.36. The summed E-state index contributed by atoms with van der Waals surface area (Å²) in [5.41, 5.74) is 3.25. The minimum atomic E-state index is -0.274. The quantitative estimate of drug-likeness (QED) is 0.205. The number of imidazole rings is 2. The molecule has 2 aromatic heterocycles. The third kappa shape index (κ3) is 5.22. The average Bonchev–Trinajstić information content (AvgIpc) is 3.45. The van der Waals surface area contributed by atoms with Gasteiger partial charge in [-0.3, -0.25) is 9.98 Å². The smallest absolute Gasteiger partial charge is 0.292 e. The fraction of sp³-hybridized carbons (Fsp3) is 0.286. The van der Waals surface area contributed by atoms with Crippen molar-refractivity contribution in [2.24, 2.45) is 24.1 Å². The summed E-state index contributed by atoms with van der Waals surface area (Å²) in [5.74, 6) is 0.536. The van der Waals surface area contributed by atoms with E-state index in [0.717, 1.165) is 11.1 Å². The molecule has 186 valence electrons. The number of aliphatic imine (C=N–C) groups is 2. The minimum Gasteiger partial charge on any atom is -0.853 e. The van der Waals surface area contributed by atoms with Crippen molar-refractivity contribution in [1.82, 2.24) is 9.13 Å². The molecule has 0 spiro atoms. The summed E-state index contributed by atoms with van der Waals surface area (Å²) in [6, 6.07) is 15.4. The van der Waals surface area contributed by atoms with E-state index in [2.05, 4.69) is 9.98 Å². The Morgan fingerprint density at radius 3 is 1.47 bits per heavy atom. The SMILES string of the molecule is CCn1cc[n+](C)c1C([O-])=Nc1ccccc1CCc1ccccc1N=C([O-])c1n(CC)cc[n+]1C. The van der Waals surface area contributed by atoms with Crippen LogP contribution in [0.4, 0.5) is 11.4 Å². The molecular weight excluding hydrogens is 452 g/mol. The first kappa shape index (κ1) is 24.9. The first-order valence-electron chi connectivity index (χ1n) is 12.2. The largest absolute Gasteiger partial charge is 0.853 e. The zero-order valence-electron chi connectivity index (χ0n) is 21.3. The van der Waals surface area contributed by atoms with Gasteiger partial charge in [-0.05, 0) is 49.9 Å². The number of nitrogens with zero attached hydrogens (tertiary/aromatic N) is 6. The lowest BCUT2D eigenvalue weighted by Gasteiger charge is -2.13. The van der Waals surface area contributed by atoms with Gasteiger partial charge in [0.1, 0.15) is 24.8 Å². The van der Waals surface area contributed by atoms with Crippen LogP contribution in [0.25, 0.3) is 0 Å². The Labute approximate surface area is 211 Å². The highest BCUT2D eigenvalue weighted by Crippen LogP contribution is 2.25. The predicted octanol–water partition coefficient (Wildman–Crippen LogP) is 1.64. The maximum atomic E-state index is 13.0. The molecular formula is C28H32N6O2. The zero-order valence-corrected chi connectivity index (χ0v) is 21.3. The predicted molar refractivity (Wildman–Crippen MR) is 135 cm³/mol. The number of hydrogen-bond acceptors (Lipinski definition) is 4. The van der Waals surface area contributed by atoms with Crippen LogP contribution in [0.3, 0.4) is 0 Å². The Morgan fingerprint density at radius 1 is 0.694 bits per heavy atom. The third-order valence-electron chi connectivity index (χ3n) is 6.31. The molecule has 0 amide bonds. The molecule has 0 aliphatic rings. The molecule has 0 saturated heterocycles. The maximum absolute atomic E-state index is 13.0. The summed E-state index contributed by atoms with van der Waals surface area (Å²) >= 11 is 0. The molecule has 0 saturated carbocycles. The first-order valence-corrected chi connectivity index (χ1v) is 12.2. The summed E-state index contributed by atoms with van der Waals surface area (Å²) in [4.78, 5) is 8.91. The van der Waals surface area contributed by atoms with E-state index in [0.29, 0.717) is 49.0 Å². The van der Waals surface area contributed by atoms with Crippen LogP contribution < -0.4 is 19.3 Å². The topological polar surface area (TPSA) is 88.5 Å². The van der Waals surface area contributed by atoms with Crippen molar-refractivity contribution in [2.45, 2.75) is 39.8 Å². The van der Waals surface area contributed by atoms with Gasteiger partial charge in [0, 0.05) is 0 Å². The summed E-state index contributed by atoms with van der Waals surface area (Å²) in [6.07, 6.45) is 8.80. The summed E-state index contributed by atoms with van der Waals surface area (Å²) < 4.78 is 7.36. The van der Waals surface area contributed by atoms with Crippen LogP contribution in [-0.4, -0.2) is 20.9 Å². The van der Waals surface area contributed by atoms with Crippen LogP contribution in [0.1, 0.15) is 36.6 Å². The van der Waals surface area contributed by atoms with Crippen molar-refractivity contribution in [3.63, 3.8) is 0 Å². The van der Waals surface area contributed by atoms with Gasteiger partial charge in [-0.1, -0.05) is 36.4 Å². The van der Waals surface area contributed by atoms with Gasteiger partial charge in [0.25, 0.3) is 11.6 Å². The molecule has 0 aliphatic carbocycles. The van der Waals surface area contributed by atoms with Gasteiger partial charge in [-0.2, -0.15) is 0 Å². The van der Waals surface area contributed by atoms with Crippen molar-refractivity contribution in [1.29, 1.82) is 0 Å². The van der Waals surface area contributed by atoms with Gasteiger partial charge >= 0.3 is 0 Å². The van der Waals surface area contributed by atoms with Gasteiger partial charge in [0.2, 0.25) is 0 Å². The lowest BCUT2D eigenvalue weighted by Crippen LogP contribution is -2.40. The summed E-state index contributed by atoms with van der Waals surface area (Å²) in [6.45, 7) is 5.38. The molecule has 0 fully saturated rings. The number of para-hydroxylation sites is 2. The summed E-state index contributed by atoms with van der Waals surface area (Å²) in [5, 5.41) is 26.0. The Morgan fingerprint density at radius 2 is 1.08 bits per heavy atom. The molecule has 0 N–H and O–H groups in total. The number of aromatic nitrogens is 4. The lowest BCUT2D eigenvalue weighted by atomic mass is 10.0. The summed E-state index contributed by atoms with van der Waals surface area (Å²) in [7, 11) is 3.69. The Hall–Kier alpha value is -4.20. The van der Waals surface area contributed by atoms with Gasteiger partial charge in [-0.15, -0.1) is 0 Å². The van der Waals surface area contributed by atoms with Gasteiger partial charge < -0.3 is 10.2 Å². The minimum absolute atomic E-state index is 0.274. The molecule has 4 rings (SSSR count). The normalized spacial score (nSPS) is 12.3. The highest BCUT2D eigenvalue weighted by molar-refractivity contribution is 5.88. The molecule has 2 heterocycles. The van der Waals surface area contributed by atoms with Gasteiger partial charge in [-0.25, -0.2) is 18.3 Å². The van der Waals surface area contributed by atoms with Gasteiger partial charge in [0.05, 0.1) is 50.4 Å². The monoisotopic (exact) mass is 484 g/mol. The van der Waals surface area contributed by atoms with Crippen LogP contribution in [0, 0.1) is 0 Å². The molecule has 0 radical (unpaired) electrons.